The molecule has 1 aliphatic rings. The topological polar surface area (TPSA) is 29.5 Å². The van der Waals surface area contributed by atoms with Crippen LogP contribution >= 0.6 is 0 Å². The van der Waals surface area contributed by atoms with E-state index in [9.17, 15) is 4.79 Å². The summed E-state index contributed by atoms with van der Waals surface area (Å²) in [6.07, 6.45) is 2.37. The predicted molar refractivity (Wildman–Crippen MR) is 60.7 cm³/mol. The van der Waals surface area contributed by atoms with Gasteiger partial charge in [-0.25, -0.2) is 0 Å². The zero-order valence-electron chi connectivity index (χ0n) is 10.3. The van der Waals surface area contributed by atoms with Crippen molar-refractivity contribution in [3.05, 3.63) is 0 Å². The van der Waals surface area contributed by atoms with E-state index in [0.29, 0.717) is 6.04 Å². The third-order valence-corrected chi connectivity index (χ3v) is 3.00. The summed E-state index contributed by atoms with van der Waals surface area (Å²) in [7, 11) is 0. The smallest absolute Gasteiger partial charge is 0.248 e. The SMILES string of the molecule is CC1CCN(C(=O)COC(C)C)C(C)C1. The molecule has 1 saturated heterocycles. The first kappa shape index (κ1) is 12.5. The molecular formula is C12H23NO2. The molecule has 3 heteroatoms. The number of carbonyl (C=O) groups excluding carboxylic acids is 1. The number of nitrogens with zero attached hydrogens (tertiary/aromatic N) is 1. The fourth-order valence-corrected chi connectivity index (χ4v) is 2.10. The molecule has 15 heavy (non-hydrogen) atoms. The highest BCUT2D eigenvalue weighted by molar-refractivity contribution is 5.77. The Morgan fingerprint density at radius 1 is 1.47 bits per heavy atom. The molecule has 0 aromatic carbocycles. The van der Waals surface area contributed by atoms with Gasteiger partial charge in [0.2, 0.25) is 5.91 Å². The third-order valence-electron chi connectivity index (χ3n) is 3.00. The van der Waals surface area contributed by atoms with Crippen molar-refractivity contribution >= 4 is 5.91 Å². The summed E-state index contributed by atoms with van der Waals surface area (Å²) in [5.41, 5.74) is 0. The third kappa shape index (κ3) is 3.82. The molecule has 0 aliphatic carbocycles. The van der Waals surface area contributed by atoms with Gasteiger partial charge in [-0.3, -0.25) is 4.79 Å². The Labute approximate surface area is 92.8 Å². The molecule has 1 fully saturated rings. The normalized spacial score (nSPS) is 27.1. The van der Waals surface area contributed by atoms with Gasteiger partial charge in [0.25, 0.3) is 0 Å². The average Bonchev–Trinajstić information content (AvgIpc) is 2.14. The largest absolute Gasteiger partial charge is 0.369 e. The van der Waals surface area contributed by atoms with E-state index in [-0.39, 0.29) is 18.6 Å². The lowest BCUT2D eigenvalue weighted by molar-refractivity contribution is -0.141. The number of ether oxygens (including phenoxy) is 1. The van der Waals surface area contributed by atoms with Crippen LogP contribution in [0, 0.1) is 5.92 Å². The fourth-order valence-electron chi connectivity index (χ4n) is 2.10. The number of amides is 1. The van der Waals surface area contributed by atoms with Crippen molar-refractivity contribution in [3.8, 4) is 0 Å². The van der Waals surface area contributed by atoms with Crippen LogP contribution in [-0.2, 0) is 9.53 Å². The van der Waals surface area contributed by atoms with Gasteiger partial charge >= 0.3 is 0 Å². The summed E-state index contributed by atoms with van der Waals surface area (Å²) in [5, 5.41) is 0. The highest BCUT2D eigenvalue weighted by Crippen LogP contribution is 2.22. The van der Waals surface area contributed by atoms with Crippen LogP contribution in [0.1, 0.15) is 40.5 Å². The Balaban J connectivity index is 2.38. The molecule has 0 radical (unpaired) electrons. The number of hydrogen-bond donors (Lipinski definition) is 0. The number of carbonyl (C=O) groups is 1. The highest BCUT2D eigenvalue weighted by Gasteiger charge is 2.26. The van der Waals surface area contributed by atoms with Gasteiger partial charge < -0.3 is 9.64 Å². The molecule has 0 bridgehead atoms. The van der Waals surface area contributed by atoms with Crippen LogP contribution < -0.4 is 0 Å². The Bertz CT molecular complexity index is 216. The van der Waals surface area contributed by atoms with Crippen LogP contribution in [-0.4, -0.2) is 36.1 Å². The standard InChI is InChI=1S/C12H23NO2/c1-9(2)15-8-12(14)13-6-5-10(3)7-11(13)4/h9-11H,5-8H2,1-4H3. The van der Waals surface area contributed by atoms with Crippen molar-refractivity contribution in [2.45, 2.75) is 52.7 Å². The number of hydrogen-bond acceptors (Lipinski definition) is 2. The van der Waals surface area contributed by atoms with Gasteiger partial charge in [0.15, 0.2) is 0 Å². The van der Waals surface area contributed by atoms with E-state index in [2.05, 4.69) is 13.8 Å². The Morgan fingerprint density at radius 2 is 2.13 bits per heavy atom. The van der Waals surface area contributed by atoms with Gasteiger partial charge in [-0.1, -0.05) is 6.92 Å². The molecule has 1 heterocycles. The van der Waals surface area contributed by atoms with Gasteiger partial charge in [0, 0.05) is 12.6 Å². The van der Waals surface area contributed by atoms with Crippen molar-refractivity contribution < 1.29 is 9.53 Å². The Hall–Kier alpha value is -0.570. The Kier molecular flexibility index (Phi) is 4.58. The molecule has 0 aromatic rings. The number of piperidine rings is 1. The second-order valence-corrected chi connectivity index (χ2v) is 4.93. The Morgan fingerprint density at radius 3 is 2.67 bits per heavy atom. The van der Waals surface area contributed by atoms with Crippen LogP contribution in [0.5, 0.6) is 0 Å². The molecule has 2 unspecified atom stereocenters. The van der Waals surface area contributed by atoms with Gasteiger partial charge in [0.1, 0.15) is 6.61 Å². The lowest BCUT2D eigenvalue weighted by Gasteiger charge is -2.36. The van der Waals surface area contributed by atoms with Crippen LogP contribution in [0.4, 0.5) is 0 Å². The molecule has 3 nitrogen and oxygen atoms in total. The van der Waals surface area contributed by atoms with Crippen molar-refractivity contribution in [1.29, 1.82) is 0 Å². The zero-order chi connectivity index (χ0) is 11.4. The van der Waals surface area contributed by atoms with Gasteiger partial charge in [-0.15, -0.1) is 0 Å². The zero-order valence-corrected chi connectivity index (χ0v) is 10.3. The first-order valence-electron chi connectivity index (χ1n) is 5.91. The van der Waals surface area contributed by atoms with E-state index in [0.717, 1.165) is 25.3 Å². The fraction of sp³-hybridized carbons (Fsp3) is 0.917. The van der Waals surface area contributed by atoms with E-state index in [1.807, 2.05) is 18.7 Å². The van der Waals surface area contributed by atoms with Gasteiger partial charge in [0.05, 0.1) is 6.10 Å². The lowest BCUT2D eigenvalue weighted by Crippen LogP contribution is -2.45. The van der Waals surface area contributed by atoms with Crippen LogP contribution in [0.2, 0.25) is 0 Å². The van der Waals surface area contributed by atoms with E-state index in [4.69, 9.17) is 4.74 Å². The minimum atomic E-state index is 0.132. The molecule has 1 rings (SSSR count). The van der Waals surface area contributed by atoms with Crippen LogP contribution in [0.25, 0.3) is 0 Å². The number of likely N-dealkylation sites (tertiary alicyclic amines) is 1. The average molecular weight is 213 g/mol. The minimum Gasteiger partial charge on any atom is -0.369 e. The van der Waals surface area contributed by atoms with E-state index in [1.165, 1.54) is 0 Å². The maximum absolute atomic E-state index is 11.8. The van der Waals surface area contributed by atoms with Crippen LogP contribution in [0.3, 0.4) is 0 Å². The van der Waals surface area contributed by atoms with Crippen LogP contribution in [0.15, 0.2) is 0 Å². The lowest BCUT2D eigenvalue weighted by atomic mass is 9.93. The first-order chi connectivity index (χ1) is 7.00. The second-order valence-electron chi connectivity index (χ2n) is 4.93. The highest BCUT2D eigenvalue weighted by atomic mass is 16.5. The van der Waals surface area contributed by atoms with E-state index in [1.54, 1.807) is 0 Å². The molecule has 0 spiro atoms. The first-order valence-corrected chi connectivity index (χ1v) is 5.91. The summed E-state index contributed by atoms with van der Waals surface area (Å²) in [6, 6.07) is 0.372. The summed E-state index contributed by atoms with van der Waals surface area (Å²) in [6.45, 7) is 9.41. The molecule has 1 aliphatic heterocycles. The van der Waals surface area contributed by atoms with E-state index < -0.39 is 0 Å². The molecule has 0 N–H and O–H groups in total. The van der Waals surface area contributed by atoms with Gasteiger partial charge in [-0.05, 0) is 39.5 Å². The molecule has 88 valence electrons. The molecule has 0 aromatic heterocycles. The number of rotatable bonds is 3. The summed E-state index contributed by atoms with van der Waals surface area (Å²) in [4.78, 5) is 13.8. The summed E-state index contributed by atoms with van der Waals surface area (Å²) in [5.74, 6) is 0.887. The van der Waals surface area contributed by atoms with Crippen molar-refractivity contribution in [1.82, 2.24) is 4.90 Å². The maximum atomic E-state index is 11.8. The predicted octanol–water partition coefficient (Wildman–Crippen LogP) is 2.06. The molecule has 2 atom stereocenters. The molecule has 0 saturated carbocycles. The second kappa shape index (κ2) is 5.50. The monoisotopic (exact) mass is 213 g/mol. The maximum Gasteiger partial charge on any atom is 0.248 e. The van der Waals surface area contributed by atoms with E-state index >= 15 is 0 Å². The summed E-state index contributed by atoms with van der Waals surface area (Å²) < 4.78 is 5.34. The molecule has 1 amide bonds. The van der Waals surface area contributed by atoms with Gasteiger partial charge in [-0.2, -0.15) is 0 Å². The van der Waals surface area contributed by atoms with Crippen molar-refractivity contribution in [2.24, 2.45) is 5.92 Å². The van der Waals surface area contributed by atoms with Crippen molar-refractivity contribution in [2.75, 3.05) is 13.2 Å². The summed E-state index contributed by atoms with van der Waals surface area (Å²) >= 11 is 0. The quantitative estimate of drug-likeness (QED) is 0.718. The van der Waals surface area contributed by atoms with Crippen molar-refractivity contribution in [3.63, 3.8) is 0 Å². The minimum absolute atomic E-state index is 0.132. The molecular weight excluding hydrogens is 190 g/mol.